The van der Waals surface area contributed by atoms with Crippen LogP contribution in [0.4, 0.5) is 0 Å². The van der Waals surface area contributed by atoms with Gasteiger partial charge >= 0.3 is 0 Å². The van der Waals surface area contributed by atoms with E-state index in [-0.39, 0.29) is 18.0 Å². The van der Waals surface area contributed by atoms with Gasteiger partial charge in [0.25, 0.3) is 0 Å². The third-order valence-electron chi connectivity index (χ3n) is 2.21. The average Bonchev–Trinajstić information content (AvgIpc) is 2.70. The monoisotopic (exact) mass is 224 g/mol. The van der Waals surface area contributed by atoms with E-state index in [1.165, 1.54) is 11.3 Å². The van der Waals surface area contributed by atoms with Gasteiger partial charge in [-0.2, -0.15) is 0 Å². The summed E-state index contributed by atoms with van der Waals surface area (Å²) in [7, 11) is 0. The first kappa shape index (κ1) is 12.1. The largest absolute Gasteiger partial charge is 0.299 e. The first-order valence-corrected chi connectivity index (χ1v) is 6.20. The summed E-state index contributed by atoms with van der Waals surface area (Å²) in [6.45, 7) is 2.10. The molecule has 1 aromatic rings. The molecule has 1 heterocycles. The Bertz CT molecular complexity index is 314. The molecule has 0 amide bonds. The van der Waals surface area contributed by atoms with Gasteiger partial charge in [-0.3, -0.25) is 9.59 Å². The Morgan fingerprint density at radius 3 is 2.73 bits per heavy atom. The van der Waals surface area contributed by atoms with Crippen molar-refractivity contribution in [3.63, 3.8) is 0 Å². The van der Waals surface area contributed by atoms with Crippen molar-refractivity contribution in [2.45, 2.75) is 39.0 Å². The Hall–Kier alpha value is -0.960. The smallest absolute Gasteiger partial charge is 0.180 e. The maximum Gasteiger partial charge on any atom is 0.180 e. The lowest BCUT2D eigenvalue weighted by molar-refractivity contribution is -0.118. The minimum Gasteiger partial charge on any atom is -0.299 e. The van der Waals surface area contributed by atoms with Crippen molar-refractivity contribution in [1.82, 2.24) is 0 Å². The molecule has 0 atom stereocenters. The Balaban J connectivity index is 2.29. The zero-order valence-electron chi connectivity index (χ0n) is 8.99. The molecule has 0 aliphatic rings. The van der Waals surface area contributed by atoms with Crippen LogP contribution in [0.2, 0.25) is 0 Å². The molecule has 0 aromatic carbocycles. The van der Waals surface area contributed by atoms with Crippen molar-refractivity contribution in [1.29, 1.82) is 0 Å². The number of carbonyl (C=O) groups is 2. The average molecular weight is 224 g/mol. The van der Waals surface area contributed by atoms with Crippen molar-refractivity contribution in [3.8, 4) is 0 Å². The van der Waals surface area contributed by atoms with E-state index < -0.39 is 0 Å². The number of Topliss-reactive ketones (excluding diaryl/α,β-unsaturated/α-hetero) is 2. The topological polar surface area (TPSA) is 34.1 Å². The second-order valence-corrected chi connectivity index (χ2v) is 4.52. The number of rotatable bonds is 7. The Morgan fingerprint density at radius 1 is 1.33 bits per heavy atom. The van der Waals surface area contributed by atoms with Crippen LogP contribution in [0.1, 0.15) is 48.7 Å². The molecule has 0 saturated carbocycles. The van der Waals surface area contributed by atoms with Gasteiger partial charge in [0, 0.05) is 6.42 Å². The van der Waals surface area contributed by atoms with E-state index >= 15 is 0 Å². The second-order valence-electron chi connectivity index (χ2n) is 3.57. The van der Waals surface area contributed by atoms with Gasteiger partial charge in [-0.15, -0.1) is 11.3 Å². The van der Waals surface area contributed by atoms with E-state index in [9.17, 15) is 9.59 Å². The van der Waals surface area contributed by atoms with Crippen LogP contribution in [0.15, 0.2) is 17.5 Å². The van der Waals surface area contributed by atoms with Gasteiger partial charge in [0.2, 0.25) is 0 Å². The fraction of sp³-hybridized carbons (Fsp3) is 0.500. The summed E-state index contributed by atoms with van der Waals surface area (Å²) in [4.78, 5) is 23.6. The molecule has 0 saturated heterocycles. The van der Waals surface area contributed by atoms with Crippen LogP contribution in [0.5, 0.6) is 0 Å². The van der Waals surface area contributed by atoms with Gasteiger partial charge in [0.05, 0.1) is 11.3 Å². The third-order valence-corrected chi connectivity index (χ3v) is 3.12. The summed E-state index contributed by atoms with van der Waals surface area (Å²) in [5.74, 6) is 0.0355. The van der Waals surface area contributed by atoms with Crippen molar-refractivity contribution in [2.75, 3.05) is 0 Å². The Morgan fingerprint density at radius 2 is 2.13 bits per heavy atom. The molecular formula is C12H16O2S. The van der Waals surface area contributed by atoms with E-state index in [2.05, 4.69) is 6.92 Å². The van der Waals surface area contributed by atoms with E-state index in [4.69, 9.17) is 0 Å². The fourth-order valence-corrected chi connectivity index (χ4v) is 2.03. The zero-order valence-corrected chi connectivity index (χ0v) is 9.81. The SMILES string of the molecule is CCCCCC(=O)CC(=O)c1cccs1. The minimum atomic E-state index is -0.0356. The molecule has 15 heavy (non-hydrogen) atoms. The predicted molar refractivity (Wildman–Crippen MR) is 62.4 cm³/mol. The van der Waals surface area contributed by atoms with E-state index in [0.717, 1.165) is 19.3 Å². The highest BCUT2D eigenvalue weighted by Gasteiger charge is 2.11. The molecule has 0 spiro atoms. The van der Waals surface area contributed by atoms with Crippen LogP contribution in [0, 0.1) is 0 Å². The van der Waals surface area contributed by atoms with Crippen LogP contribution in [0.25, 0.3) is 0 Å². The molecule has 0 fully saturated rings. The van der Waals surface area contributed by atoms with Gasteiger partial charge in [-0.25, -0.2) is 0 Å². The van der Waals surface area contributed by atoms with Gasteiger partial charge in [-0.05, 0) is 17.9 Å². The molecule has 82 valence electrons. The number of hydrogen-bond donors (Lipinski definition) is 0. The van der Waals surface area contributed by atoms with Crippen LogP contribution < -0.4 is 0 Å². The number of thiophene rings is 1. The lowest BCUT2D eigenvalue weighted by Crippen LogP contribution is -2.06. The molecule has 3 heteroatoms. The van der Waals surface area contributed by atoms with E-state index in [0.29, 0.717) is 11.3 Å². The number of hydrogen-bond acceptors (Lipinski definition) is 3. The molecular weight excluding hydrogens is 208 g/mol. The minimum absolute atomic E-state index is 0.0356. The molecule has 0 bridgehead atoms. The van der Waals surface area contributed by atoms with Crippen molar-refractivity contribution in [3.05, 3.63) is 22.4 Å². The van der Waals surface area contributed by atoms with Crippen molar-refractivity contribution < 1.29 is 9.59 Å². The highest BCUT2D eigenvalue weighted by molar-refractivity contribution is 7.12. The summed E-state index contributed by atoms with van der Waals surface area (Å²) >= 11 is 1.40. The third kappa shape index (κ3) is 4.38. The van der Waals surface area contributed by atoms with Gasteiger partial charge in [0.15, 0.2) is 5.78 Å². The molecule has 1 aromatic heterocycles. The predicted octanol–water partition coefficient (Wildman–Crippen LogP) is 3.47. The summed E-state index contributed by atoms with van der Waals surface area (Å²) in [6, 6.07) is 3.60. The van der Waals surface area contributed by atoms with Crippen LogP contribution in [0.3, 0.4) is 0 Å². The molecule has 0 N–H and O–H groups in total. The molecule has 0 unspecified atom stereocenters. The maximum absolute atomic E-state index is 11.5. The first-order chi connectivity index (χ1) is 7.24. The van der Waals surface area contributed by atoms with Crippen LogP contribution in [-0.2, 0) is 4.79 Å². The Labute approximate surface area is 94.3 Å². The van der Waals surface area contributed by atoms with Gasteiger partial charge < -0.3 is 0 Å². The molecule has 1 rings (SSSR count). The summed E-state index contributed by atoms with van der Waals surface area (Å²) in [6.07, 6.45) is 3.70. The fourth-order valence-electron chi connectivity index (χ4n) is 1.36. The lowest BCUT2D eigenvalue weighted by Gasteiger charge is -1.98. The van der Waals surface area contributed by atoms with Crippen molar-refractivity contribution in [2.24, 2.45) is 0 Å². The Kier molecular flexibility index (Phi) is 5.26. The number of ketones is 2. The quantitative estimate of drug-likeness (QED) is 0.404. The summed E-state index contributed by atoms with van der Waals surface area (Å²) < 4.78 is 0. The van der Waals surface area contributed by atoms with Crippen LogP contribution >= 0.6 is 11.3 Å². The van der Waals surface area contributed by atoms with Gasteiger partial charge in [-0.1, -0.05) is 25.8 Å². The molecule has 0 aliphatic carbocycles. The molecule has 0 aliphatic heterocycles. The molecule has 2 nitrogen and oxygen atoms in total. The standard InChI is InChI=1S/C12H16O2S/c1-2-3-4-6-10(13)9-11(14)12-7-5-8-15-12/h5,7-8H,2-4,6,9H2,1H3. The number of unbranched alkanes of at least 4 members (excludes halogenated alkanes) is 2. The number of carbonyl (C=O) groups excluding carboxylic acids is 2. The van der Waals surface area contributed by atoms with Crippen molar-refractivity contribution >= 4 is 22.9 Å². The summed E-state index contributed by atoms with van der Waals surface area (Å²) in [5.41, 5.74) is 0. The maximum atomic E-state index is 11.5. The summed E-state index contributed by atoms with van der Waals surface area (Å²) in [5, 5.41) is 1.86. The van der Waals surface area contributed by atoms with Gasteiger partial charge in [0.1, 0.15) is 5.78 Å². The van der Waals surface area contributed by atoms with Crippen LogP contribution in [-0.4, -0.2) is 11.6 Å². The second kappa shape index (κ2) is 6.51. The first-order valence-electron chi connectivity index (χ1n) is 5.32. The molecule has 0 radical (unpaired) electrons. The van der Waals surface area contributed by atoms with E-state index in [1.54, 1.807) is 6.07 Å². The lowest BCUT2D eigenvalue weighted by atomic mass is 10.1. The highest BCUT2D eigenvalue weighted by atomic mass is 32.1. The normalized spacial score (nSPS) is 10.2. The zero-order chi connectivity index (χ0) is 11.1. The highest BCUT2D eigenvalue weighted by Crippen LogP contribution is 2.12. The van der Waals surface area contributed by atoms with E-state index in [1.807, 2.05) is 11.4 Å².